The Balaban J connectivity index is 1.86. The van der Waals surface area contributed by atoms with Gasteiger partial charge in [-0.05, 0) is 25.0 Å². The summed E-state index contributed by atoms with van der Waals surface area (Å²) in [4.78, 5) is 4.50. The van der Waals surface area contributed by atoms with Crippen LogP contribution in [0.3, 0.4) is 0 Å². The molecule has 148 valence electrons. The Labute approximate surface area is 163 Å². The number of fused-ring (bicyclic) bond motifs is 3. The third-order valence-electron chi connectivity index (χ3n) is 4.28. The molecule has 0 fully saturated rings. The number of aromatic nitrogens is 3. The molecule has 0 aliphatic heterocycles. The molecule has 9 nitrogen and oxygen atoms in total. The third kappa shape index (κ3) is 4.46. The molecule has 0 aliphatic rings. The fourth-order valence-electron chi connectivity index (χ4n) is 2.83. The number of benzene rings is 1. The van der Waals surface area contributed by atoms with Crippen LogP contribution in [0, 0.1) is 0 Å². The van der Waals surface area contributed by atoms with Gasteiger partial charge >= 0.3 is 0 Å². The molecular weight excluding hydrogens is 378 g/mol. The molecule has 0 radical (unpaired) electrons. The zero-order valence-electron chi connectivity index (χ0n) is 15.6. The summed E-state index contributed by atoms with van der Waals surface area (Å²) in [5.74, 6) is 0.445. The summed E-state index contributed by atoms with van der Waals surface area (Å²) in [5.41, 5.74) is 11.4. The molecule has 10 heteroatoms. The van der Waals surface area contributed by atoms with Crippen molar-refractivity contribution in [3.8, 4) is 0 Å². The number of hydrogen-bond donors (Lipinski definition) is 3. The van der Waals surface area contributed by atoms with Crippen molar-refractivity contribution in [2.75, 3.05) is 18.0 Å². The molecule has 0 saturated carbocycles. The van der Waals surface area contributed by atoms with Gasteiger partial charge < -0.3 is 5.73 Å². The van der Waals surface area contributed by atoms with Crippen molar-refractivity contribution in [3.63, 3.8) is 0 Å². The molecule has 1 aromatic carbocycles. The zero-order valence-corrected chi connectivity index (χ0v) is 16.4. The quantitative estimate of drug-likeness (QED) is 0.367. The zero-order chi connectivity index (χ0) is 20.1. The molecule has 0 aliphatic carbocycles. The SMILES string of the molecule is C=NN/C=C\Cc1ccc2c(c1)nc(N)c1cn(CCNS(=O)(=O)CC)nc12. The van der Waals surface area contributed by atoms with Crippen LogP contribution in [0.5, 0.6) is 0 Å². The van der Waals surface area contributed by atoms with E-state index in [0.717, 1.165) is 27.4 Å². The Hall–Kier alpha value is -2.98. The molecule has 0 saturated heterocycles. The fraction of sp³-hybridized carbons (Fsp3) is 0.278. The van der Waals surface area contributed by atoms with E-state index in [1.165, 1.54) is 0 Å². The van der Waals surface area contributed by atoms with Crippen LogP contribution >= 0.6 is 0 Å². The van der Waals surface area contributed by atoms with Gasteiger partial charge in [-0.25, -0.2) is 18.1 Å². The minimum atomic E-state index is -3.23. The van der Waals surface area contributed by atoms with E-state index in [1.807, 2.05) is 24.3 Å². The first kappa shape index (κ1) is 19.8. The van der Waals surface area contributed by atoms with Crippen molar-refractivity contribution in [1.29, 1.82) is 0 Å². The molecule has 0 atom stereocenters. The summed E-state index contributed by atoms with van der Waals surface area (Å²) in [5, 5.41) is 9.77. The highest BCUT2D eigenvalue weighted by Crippen LogP contribution is 2.27. The summed E-state index contributed by atoms with van der Waals surface area (Å²) in [6.07, 6.45) is 6.16. The van der Waals surface area contributed by atoms with E-state index in [1.54, 1.807) is 24.0 Å². The lowest BCUT2D eigenvalue weighted by atomic mass is 10.1. The average molecular weight is 401 g/mol. The van der Waals surface area contributed by atoms with Gasteiger partial charge in [0, 0.05) is 31.0 Å². The van der Waals surface area contributed by atoms with Crippen LogP contribution in [0.4, 0.5) is 5.82 Å². The number of allylic oxidation sites excluding steroid dienone is 1. The van der Waals surface area contributed by atoms with Crippen molar-refractivity contribution in [2.24, 2.45) is 5.10 Å². The average Bonchev–Trinajstić information content (AvgIpc) is 3.10. The molecule has 3 rings (SSSR count). The Kier molecular flexibility index (Phi) is 5.90. The number of rotatable bonds is 9. The van der Waals surface area contributed by atoms with Gasteiger partial charge in [0.15, 0.2) is 0 Å². The maximum atomic E-state index is 11.5. The summed E-state index contributed by atoms with van der Waals surface area (Å²) < 4.78 is 27.3. The molecule has 0 unspecified atom stereocenters. The standard InChI is InChI=1S/C18H23N7O2S/c1-3-28(26,27)22-9-10-25-12-15-17(24-25)14-7-6-13(5-4-8-21-20-2)11-16(14)23-18(15)19/h4,6-8,11-12,21-22H,2-3,5,9-10H2,1H3,(H2,19,23)/b8-4-. The maximum Gasteiger partial charge on any atom is 0.211 e. The lowest BCUT2D eigenvalue weighted by molar-refractivity contribution is 0.563. The highest BCUT2D eigenvalue weighted by Gasteiger charge is 2.12. The second-order valence-electron chi connectivity index (χ2n) is 6.19. The number of nitrogen functional groups attached to an aromatic ring is 1. The van der Waals surface area contributed by atoms with Gasteiger partial charge in [0.2, 0.25) is 10.0 Å². The minimum absolute atomic E-state index is 0.0489. The lowest BCUT2D eigenvalue weighted by Gasteiger charge is -2.04. The summed E-state index contributed by atoms with van der Waals surface area (Å²) in [6, 6.07) is 5.97. The second kappa shape index (κ2) is 8.36. The topological polar surface area (TPSA) is 127 Å². The Morgan fingerprint density at radius 2 is 2.18 bits per heavy atom. The van der Waals surface area contributed by atoms with Gasteiger partial charge in [0.1, 0.15) is 11.3 Å². The van der Waals surface area contributed by atoms with Crippen LogP contribution in [0.1, 0.15) is 12.5 Å². The number of pyridine rings is 1. The number of nitrogens with zero attached hydrogens (tertiary/aromatic N) is 4. The van der Waals surface area contributed by atoms with Crippen LogP contribution < -0.4 is 15.9 Å². The minimum Gasteiger partial charge on any atom is -0.383 e. The molecule has 2 aromatic heterocycles. The number of nitrogens with one attached hydrogen (secondary N) is 2. The van der Waals surface area contributed by atoms with Crippen molar-refractivity contribution in [3.05, 3.63) is 42.2 Å². The Morgan fingerprint density at radius 1 is 1.36 bits per heavy atom. The summed E-state index contributed by atoms with van der Waals surface area (Å²) in [6.45, 7) is 5.61. The van der Waals surface area contributed by atoms with Crippen LogP contribution in [0.25, 0.3) is 21.8 Å². The number of sulfonamides is 1. The van der Waals surface area contributed by atoms with Crippen molar-refractivity contribution < 1.29 is 8.42 Å². The van der Waals surface area contributed by atoms with E-state index >= 15 is 0 Å². The third-order valence-corrected chi connectivity index (χ3v) is 5.68. The normalized spacial score (nSPS) is 12.2. The Bertz CT molecular complexity index is 1140. The van der Waals surface area contributed by atoms with Crippen LogP contribution in [0.15, 0.2) is 41.8 Å². The van der Waals surface area contributed by atoms with E-state index in [-0.39, 0.29) is 12.3 Å². The molecule has 0 bridgehead atoms. The molecule has 0 spiro atoms. The predicted molar refractivity (Wildman–Crippen MR) is 112 cm³/mol. The summed E-state index contributed by atoms with van der Waals surface area (Å²) in [7, 11) is -3.23. The van der Waals surface area contributed by atoms with E-state index in [0.29, 0.717) is 18.8 Å². The number of nitrogens with two attached hydrogens (primary N) is 1. The number of anilines is 1. The van der Waals surface area contributed by atoms with Crippen LogP contribution in [-0.2, 0) is 23.0 Å². The number of hydrazone groups is 1. The lowest BCUT2D eigenvalue weighted by Crippen LogP contribution is -2.28. The van der Waals surface area contributed by atoms with Crippen molar-refractivity contribution in [2.45, 2.75) is 19.9 Å². The second-order valence-corrected chi connectivity index (χ2v) is 8.29. The van der Waals surface area contributed by atoms with E-state index in [4.69, 9.17) is 5.73 Å². The van der Waals surface area contributed by atoms with Gasteiger partial charge in [-0.15, -0.1) is 0 Å². The Morgan fingerprint density at radius 3 is 2.93 bits per heavy atom. The fourth-order valence-corrected chi connectivity index (χ4v) is 3.43. The predicted octanol–water partition coefficient (Wildman–Crippen LogP) is 1.37. The monoisotopic (exact) mass is 401 g/mol. The molecule has 2 heterocycles. The van der Waals surface area contributed by atoms with Crippen molar-refractivity contribution >= 4 is 44.4 Å². The van der Waals surface area contributed by atoms with Crippen LogP contribution in [-0.4, -0.2) is 42.2 Å². The molecular formula is C18H23N7O2S. The van der Waals surface area contributed by atoms with E-state index in [9.17, 15) is 8.42 Å². The molecule has 0 amide bonds. The first-order chi connectivity index (χ1) is 13.4. The van der Waals surface area contributed by atoms with E-state index < -0.39 is 10.0 Å². The summed E-state index contributed by atoms with van der Waals surface area (Å²) >= 11 is 0. The van der Waals surface area contributed by atoms with E-state index in [2.05, 4.69) is 32.0 Å². The molecule has 3 aromatic rings. The first-order valence-corrected chi connectivity index (χ1v) is 10.5. The largest absolute Gasteiger partial charge is 0.383 e. The highest BCUT2D eigenvalue weighted by molar-refractivity contribution is 7.89. The smallest absolute Gasteiger partial charge is 0.211 e. The van der Waals surface area contributed by atoms with Gasteiger partial charge in [-0.2, -0.15) is 10.2 Å². The van der Waals surface area contributed by atoms with Gasteiger partial charge in [-0.1, -0.05) is 18.2 Å². The maximum absolute atomic E-state index is 11.5. The van der Waals surface area contributed by atoms with Gasteiger partial charge in [0.05, 0.1) is 23.2 Å². The molecule has 28 heavy (non-hydrogen) atoms. The van der Waals surface area contributed by atoms with Crippen molar-refractivity contribution in [1.82, 2.24) is 24.9 Å². The number of hydrogen-bond acceptors (Lipinski definition) is 7. The van der Waals surface area contributed by atoms with Gasteiger partial charge in [-0.3, -0.25) is 10.1 Å². The van der Waals surface area contributed by atoms with Crippen LogP contribution in [0.2, 0.25) is 0 Å². The molecule has 4 N–H and O–H groups in total. The van der Waals surface area contributed by atoms with Gasteiger partial charge in [0.25, 0.3) is 0 Å². The first-order valence-electron chi connectivity index (χ1n) is 8.82. The highest BCUT2D eigenvalue weighted by atomic mass is 32.2.